The van der Waals surface area contributed by atoms with E-state index in [-0.39, 0.29) is 13.1 Å². The van der Waals surface area contributed by atoms with Crippen molar-refractivity contribution in [2.45, 2.75) is 114 Å². The van der Waals surface area contributed by atoms with Crippen molar-refractivity contribution >= 4 is 11.8 Å². The van der Waals surface area contributed by atoms with Crippen molar-refractivity contribution in [3.05, 3.63) is 0 Å². The summed E-state index contributed by atoms with van der Waals surface area (Å²) in [7, 11) is 0. The van der Waals surface area contributed by atoms with E-state index in [1.165, 1.54) is 0 Å². The SMILES string of the molecule is CCCCCC(CCCCC)(CNC(=O)C(O)C(O)C(O)C(O)CO)CNC(=O)C(O)C(O)C(O)C(O)CO. The van der Waals surface area contributed by atoms with Crippen LogP contribution in [-0.4, -0.2) is 138 Å². The lowest BCUT2D eigenvalue weighted by Crippen LogP contribution is -2.55. The molecule has 8 atom stereocenters. The molecular formula is C25H50N2O12. The molecule has 0 aliphatic carbocycles. The van der Waals surface area contributed by atoms with Crippen LogP contribution in [0.5, 0.6) is 0 Å². The maximum atomic E-state index is 12.6. The third-order valence-corrected chi connectivity index (χ3v) is 6.94. The normalized spacial score (nSPS) is 18.4. The third kappa shape index (κ3) is 12.7. The molecule has 14 heteroatoms. The maximum absolute atomic E-state index is 12.6. The summed E-state index contributed by atoms with van der Waals surface area (Å²) in [6.45, 7) is 2.03. The fourth-order valence-corrected chi connectivity index (χ4v) is 4.15. The van der Waals surface area contributed by atoms with Gasteiger partial charge in [0.25, 0.3) is 11.8 Å². The van der Waals surface area contributed by atoms with Crippen LogP contribution in [0.4, 0.5) is 0 Å². The van der Waals surface area contributed by atoms with Crippen LogP contribution in [0.15, 0.2) is 0 Å². The molecule has 8 unspecified atom stereocenters. The summed E-state index contributed by atoms with van der Waals surface area (Å²) in [5.74, 6) is -2.10. The summed E-state index contributed by atoms with van der Waals surface area (Å²) in [6, 6.07) is 0. The first-order chi connectivity index (χ1) is 18.3. The molecule has 39 heavy (non-hydrogen) atoms. The Morgan fingerprint density at radius 2 is 0.923 bits per heavy atom. The minimum absolute atomic E-state index is 0.0769. The van der Waals surface area contributed by atoms with Crippen LogP contribution < -0.4 is 10.6 Å². The summed E-state index contributed by atoms with van der Waals surface area (Å²) >= 11 is 0. The van der Waals surface area contributed by atoms with E-state index in [1.807, 2.05) is 13.8 Å². The predicted octanol–water partition coefficient (Wildman–Crippen LogP) is -3.76. The number of amides is 2. The molecule has 0 bridgehead atoms. The maximum Gasteiger partial charge on any atom is 0.251 e. The van der Waals surface area contributed by atoms with Crippen molar-refractivity contribution in [1.82, 2.24) is 10.6 Å². The summed E-state index contributed by atoms with van der Waals surface area (Å²) in [5, 5.41) is 102. The van der Waals surface area contributed by atoms with Crippen LogP contribution in [0, 0.1) is 5.41 Å². The molecule has 0 radical (unpaired) electrons. The minimum atomic E-state index is -2.13. The summed E-state index contributed by atoms with van der Waals surface area (Å²) in [4.78, 5) is 25.2. The van der Waals surface area contributed by atoms with Crippen LogP contribution in [-0.2, 0) is 9.59 Å². The largest absolute Gasteiger partial charge is 0.394 e. The number of rotatable bonds is 22. The molecule has 0 saturated carbocycles. The van der Waals surface area contributed by atoms with E-state index in [9.17, 15) is 50.4 Å². The van der Waals surface area contributed by atoms with Crippen molar-refractivity contribution in [1.29, 1.82) is 0 Å². The highest BCUT2D eigenvalue weighted by molar-refractivity contribution is 5.82. The number of carbonyl (C=O) groups is 2. The number of nitrogens with one attached hydrogen (secondary N) is 2. The highest BCUT2D eigenvalue weighted by Crippen LogP contribution is 2.31. The number of hydrogen-bond acceptors (Lipinski definition) is 12. The molecule has 232 valence electrons. The van der Waals surface area contributed by atoms with E-state index < -0.39 is 79.3 Å². The number of hydrogen-bond donors (Lipinski definition) is 12. The van der Waals surface area contributed by atoms with Gasteiger partial charge in [-0.25, -0.2) is 0 Å². The Labute approximate surface area is 229 Å². The first kappa shape index (κ1) is 37.5. The van der Waals surface area contributed by atoms with Crippen molar-refractivity contribution in [2.75, 3.05) is 26.3 Å². The molecule has 12 N–H and O–H groups in total. The van der Waals surface area contributed by atoms with Gasteiger partial charge in [-0.2, -0.15) is 0 Å². The van der Waals surface area contributed by atoms with E-state index >= 15 is 0 Å². The Morgan fingerprint density at radius 3 is 1.21 bits per heavy atom. The first-order valence-electron chi connectivity index (χ1n) is 13.5. The monoisotopic (exact) mass is 570 g/mol. The lowest BCUT2D eigenvalue weighted by molar-refractivity contribution is -0.149. The van der Waals surface area contributed by atoms with Crippen LogP contribution in [0.2, 0.25) is 0 Å². The van der Waals surface area contributed by atoms with Crippen molar-refractivity contribution in [2.24, 2.45) is 5.41 Å². The second kappa shape index (κ2) is 19.6. The van der Waals surface area contributed by atoms with Crippen LogP contribution >= 0.6 is 0 Å². The third-order valence-electron chi connectivity index (χ3n) is 6.94. The Balaban J connectivity index is 5.67. The van der Waals surface area contributed by atoms with Gasteiger partial charge in [-0.1, -0.05) is 52.4 Å². The Hall–Kier alpha value is -1.46. The van der Waals surface area contributed by atoms with Gasteiger partial charge in [0.05, 0.1) is 13.2 Å². The van der Waals surface area contributed by atoms with E-state index in [0.29, 0.717) is 25.7 Å². The molecule has 0 aromatic heterocycles. The highest BCUT2D eigenvalue weighted by atomic mass is 16.4. The second-order valence-electron chi connectivity index (χ2n) is 10.2. The zero-order chi connectivity index (χ0) is 30.2. The predicted molar refractivity (Wildman–Crippen MR) is 139 cm³/mol. The number of carbonyl (C=O) groups excluding carboxylic acids is 2. The van der Waals surface area contributed by atoms with Crippen LogP contribution in [0.25, 0.3) is 0 Å². The Morgan fingerprint density at radius 1 is 0.590 bits per heavy atom. The zero-order valence-electron chi connectivity index (χ0n) is 22.9. The first-order valence-corrected chi connectivity index (χ1v) is 13.5. The van der Waals surface area contributed by atoms with Gasteiger partial charge in [0.15, 0.2) is 12.2 Å². The lowest BCUT2D eigenvalue weighted by Gasteiger charge is -2.36. The second-order valence-corrected chi connectivity index (χ2v) is 10.2. The molecule has 0 spiro atoms. The number of unbranched alkanes of at least 4 members (excludes halogenated alkanes) is 4. The van der Waals surface area contributed by atoms with Gasteiger partial charge in [-0.3, -0.25) is 9.59 Å². The molecule has 0 aromatic carbocycles. The van der Waals surface area contributed by atoms with Crippen molar-refractivity contribution in [3.8, 4) is 0 Å². The van der Waals surface area contributed by atoms with Gasteiger partial charge in [-0.15, -0.1) is 0 Å². The molecular weight excluding hydrogens is 520 g/mol. The summed E-state index contributed by atoms with van der Waals surface area (Å²) in [6.07, 6.45) is -10.0. The molecule has 14 nitrogen and oxygen atoms in total. The molecule has 0 aliphatic rings. The number of aliphatic hydroxyl groups is 10. The van der Waals surface area contributed by atoms with Gasteiger partial charge in [0.1, 0.15) is 36.6 Å². The topological polar surface area (TPSA) is 260 Å². The van der Waals surface area contributed by atoms with Crippen LogP contribution in [0.1, 0.15) is 65.2 Å². The smallest absolute Gasteiger partial charge is 0.251 e. The average Bonchev–Trinajstić information content (AvgIpc) is 2.95. The van der Waals surface area contributed by atoms with Crippen LogP contribution in [0.3, 0.4) is 0 Å². The number of aliphatic hydroxyl groups excluding tert-OH is 10. The highest BCUT2D eigenvalue weighted by Gasteiger charge is 2.38. The molecule has 0 fully saturated rings. The Kier molecular flexibility index (Phi) is 18.9. The Bertz CT molecular complexity index is 629. The average molecular weight is 571 g/mol. The molecule has 0 saturated heterocycles. The molecule has 2 amide bonds. The van der Waals surface area contributed by atoms with E-state index in [4.69, 9.17) is 10.2 Å². The minimum Gasteiger partial charge on any atom is -0.394 e. The summed E-state index contributed by atoms with van der Waals surface area (Å²) < 4.78 is 0. The zero-order valence-corrected chi connectivity index (χ0v) is 22.9. The molecule has 0 aliphatic heterocycles. The standard InChI is InChI=1S/C25H50N2O12/c1-3-5-7-9-25(10-8-6-4-2,13-26-23(38)21(36)19(34)17(32)15(30)11-28)14-27-24(39)22(37)20(35)18(33)16(31)12-29/h15-22,28-37H,3-14H2,1-2H3,(H,26,38)(H,27,39). The molecule has 0 heterocycles. The van der Waals surface area contributed by atoms with Gasteiger partial charge in [-0.05, 0) is 12.8 Å². The van der Waals surface area contributed by atoms with Gasteiger partial charge >= 0.3 is 0 Å². The molecule has 0 aromatic rings. The van der Waals surface area contributed by atoms with E-state index in [2.05, 4.69) is 10.6 Å². The van der Waals surface area contributed by atoms with E-state index in [0.717, 1.165) is 25.7 Å². The van der Waals surface area contributed by atoms with Gasteiger partial charge in [0, 0.05) is 18.5 Å². The molecule has 0 rings (SSSR count). The van der Waals surface area contributed by atoms with E-state index in [1.54, 1.807) is 0 Å². The fourth-order valence-electron chi connectivity index (χ4n) is 4.15. The van der Waals surface area contributed by atoms with Crippen molar-refractivity contribution in [3.63, 3.8) is 0 Å². The van der Waals surface area contributed by atoms with Crippen molar-refractivity contribution < 1.29 is 60.7 Å². The quantitative estimate of drug-likeness (QED) is 0.0560. The summed E-state index contributed by atoms with van der Waals surface area (Å²) in [5.41, 5.74) is -0.780. The lowest BCUT2D eigenvalue weighted by atomic mass is 9.77. The van der Waals surface area contributed by atoms with Gasteiger partial charge < -0.3 is 61.7 Å². The van der Waals surface area contributed by atoms with Gasteiger partial charge in [0.2, 0.25) is 0 Å². The fraction of sp³-hybridized carbons (Fsp3) is 0.920.